The maximum absolute atomic E-state index is 13.1. The third kappa shape index (κ3) is 4.62. The zero-order valence-corrected chi connectivity index (χ0v) is 17.8. The molecule has 2 aliphatic rings. The first-order chi connectivity index (χ1) is 14.0. The monoisotopic (exact) mass is 400 g/mol. The van der Waals surface area contributed by atoms with Gasteiger partial charge in [-0.05, 0) is 38.8 Å². The summed E-state index contributed by atoms with van der Waals surface area (Å²) in [5.41, 5.74) is 3.23. The second-order valence-electron chi connectivity index (χ2n) is 7.65. The average Bonchev–Trinajstić information content (AvgIpc) is 2.68. The molecule has 0 aromatic heterocycles. The van der Waals surface area contributed by atoms with Gasteiger partial charge in [-0.3, -0.25) is 9.80 Å². The Labute approximate surface area is 173 Å². The molecular weight excluding hydrogens is 368 g/mol. The SMILES string of the molecule is CCOC(=O)C1=C(CN2CCNC(C)C2)N(CC)C(=O)NC1c1ccccc1C. The lowest BCUT2D eigenvalue weighted by molar-refractivity contribution is -0.139. The smallest absolute Gasteiger partial charge is 0.338 e. The molecule has 2 N–H and O–H groups in total. The molecule has 29 heavy (non-hydrogen) atoms. The number of carbonyl (C=O) groups is 2. The van der Waals surface area contributed by atoms with Crippen LogP contribution in [0.2, 0.25) is 0 Å². The van der Waals surface area contributed by atoms with Crippen molar-refractivity contribution in [2.75, 3.05) is 39.3 Å². The van der Waals surface area contributed by atoms with Crippen molar-refractivity contribution in [2.24, 2.45) is 0 Å². The number of hydrogen-bond donors (Lipinski definition) is 2. The molecule has 3 rings (SSSR count). The summed E-state index contributed by atoms with van der Waals surface area (Å²) >= 11 is 0. The minimum absolute atomic E-state index is 0.174. The Balaban J connectivity index is 2.09. The maximum Gasteiger partial charge on any atom is 0.338 e. The molecule has 0 spiro atoms. The molecule has 0 bridgehead atoms. The lowest BCUT2D eigenvalue weighted by atomic mass is 9.91. The van der Waals surface area contributed by atoms with Crippen molar-refractivity contribution in [3.05, 3.63) is 46.7 Å². The van der Waals surface area contributed by atoms with E-state index >= 15 is 0 Å². The second kappa shape index (κ2) is 9.41. The van der Waals surface area contributed by atoms with Crippen LogP contribution in [0, 0.1) is 6.92 Å². The van der Waals surface area contributed by atoms with Gasteiger partial charge in [-0.25, -0.2) is 9.59 Å². The number of nitrogens with zero attached hydrogens (tertiary/aromatic N) is 2. The number of urea groups is 1. The van der Waals surface area contributed by atoms with Crippen LogP contribution in [0.4, 0.5) is 4.79 Å². The molecule has 7 heteroatoms. The third-order valence-electron chi connectivity index (χ3n) is 5.58. The van der Waals surface area contributed by atoms with E-state index in [4.69, 9.17) is 4.74 Å². The topological polar surface area (TPSA) is 73.9 Å². The predicted octanol–water partition coefficient (Wildman–Crippen LogP) is 2.19. The summed E-state index contributed by atoms with van der Waals surface area (Å²) in [6.45, 7) is 11.8. The molecule has 2 aliphatic heterocycles. The standard InChI is InChI=1S/C22H32N4O3/c1-5-26-18(14-25-12-11-23-16(4)13-25)19(21(27)29-6-2)20(24-22(26)28)17-10-8-7-9-15(17)3/h7-10,16,20,23H,5-6,11-14H2,1-4H3,(H,24,28). The van der Waals surface area contributed by atoms with E-state index in [2.05, 4.69) is 22.5 Å². The molecule has 0 radical (unpaired) electrons. The van der Waals surface area contributed by atoms with E-state index in [0.717, 1.165) is 36.5 Å². The molecular formula is C22H32N4O3. The van der Waals surface area contributed by atoms with E-state index in [0.29, 0.717) is 31.3 Å². The summed E-state index contributed by atoms with van der Waals surface area (Å²) in [6.07, 6.45) is 0. The first kappa shape index (κ1) is 21.3. The fraction of sp³-hybridized carbons (Fsp3) is 0.545. The highest BCUT2D eigenvalue weighted by atomic mass is 16.5. The van der Waals surface area contributed by atoms with Gasteiger partial charge in [-0.1, -0.05) is 24.3 Å². The molecule has 1 saturated heterocycles. The minimum atomic E-state index is -0.513. The van der Waals surface area contributed by atoms with Crippen molar-refractivity contribution in [3.8, 4) is 0 Å². The number of likely N-dealkylation sites (N-methyl/N-ethyl adjacent to an activating group) is 1. The highest BCUT2D eigenvalue weighted by molar-refractivity contribution is 5.95. The van der Waals surface area contributed by atoms with Gasteiger partial charge in [0, 0.05) is 44.5 Å². The average molecular weight is 401 g/mol. The van der Waals surface area contributed by atoms with Gasteiger partial charge in [0.15, 0.2) is 0 Å². The van der Waals surface area contributed by atoms with Crippen molar-refractivity contribution < 1.29 is 14.3 Å². The molecule has 7 nitrogen and oxygen atoms in total. The number of esters is 1. The molecule has 2 atom stereocenters. The first-order valence-electron chi connectivity index (χ1n) is 10.5. The number of amides is 2. The van der Waals surface area contributed by atoms with Crippen molar-refractivity contribution in [2.45, 2.75) is 39.8 Å². The van der Waals surface area contributed by atoms with Crippen LogP contribution in [0.5, 0.6) is 0 Å². The summed E-state index contributed by atoms with van der Waals surface area (Å²) in [5.74, 6) is -0.364. The Bertz CT molecular complexity index is 792. The van der Waals surface area contributed by atoms with Gasteiger partial charge >= 0.3 is 12.0 Å². The number of aryl methyl sites for hydroxylation is 1. The fourth-order valence-electron chi connectivity index (χ4n) is 4.17. The predicted molar refractivity (Wildman–Crippen MR) is 112 cm³/mol. The Morgan fingerprint density at radius 1 is 1.28 bits per heavy atom. The molecule has 0 saturated carbocycles. The highest BCUT2D eigenvalue weighted by Gasteiger charge is 2.38. The van der Waals surface area contributed by atoms with Gasteiger partial charge in [0.05, 0.1) is 18.2 Å². The zero-order chi connectivity index (χ0) is 21.0. The van der Waals surface area contributed by atoms with Gasteiger partial charge in [-0.2, -0.15) is 0 Å². The van der Waals surface area contributed by atoms with E-state index in [1.807, 2.05) is 38.1 Å². The van der Waals surface area contributed by atoms with Gasteiger partial charge in [-0.15, -0.1) is 0 Å². The summed E-state index contributed by atoms with van der Waals surface area (Å²) in [4.78, 5) is 30.0. The normalized spacial score (nSPS) is 23.2. The number of rotatable bonds is 6. The largest absolute Gasteiger partial charge is 0.463 e. The molecule has 1 aromatic rings. The number of carbonyl (C=O) groups excluding carboxylic acids is 2. The molecule has 1 aromatic carbocycles. The summed E-state index contributed by atoms with van der Waals surface area (Å²) in [7, 11) is 0. The Morgan fingerprint density at radius 2 is 2.03 bits per heavy atom. The number of benzene rings is 1. The van der Waals surface area contributed by atoms with Crippen LogP contribution in [0.1, 0.15) is 37.9 Å². The number of nitrogens with one attached hydrogen (secondary N) is 2. The zero-order valence-electron chi connectivity index (χ0n) is 17.8. The van der Waals surface area contributed by atoms with Gasteiger partial charge < -0.3 is 15.4 Å². The van der Waals surface area contributed by atoms with E-state index in [-0.39, 0.29) is 12.0 Å². The molecule has 158 valence electrons. The molecule has 2 heterocycles. The Kier molecular flexibility index (Phi) is 6.92. The Morgan fingerprint density at radius 3 is 2.69 bits per heavy atom. The lowest BCUT2D eigenvalue weighted by Crippen LogP contribution is -2.54. The summed E-state index contributed by atoms with van der Waals surface area (Å²) < 4.78 is 5.44. The molecule has 2 amide bonds. The van der Waals surface area contributed by atoms with Crippen LogP contribution in [-0.2, 0) is 9.53 Å². The van der Waals surface area contributed by atoms with Gasteiger partial charge in [0.2, 0.25) is 0 Å². The van der Waals surface area contributed by atoms with Crippen LogP contribution >= 0.6 is 0 Å². The van der Waals surface area contributed by atoms with Crippen LogP contribution in [0.15, 0.2) is 35.5 Å². The quantitative estimate of drug-likeness (QED) is 0.716. The second-order valence-corrected chi connectivity index (χ2v) is 7.65. The number of ether oxygens (including phenoxy) is 1. The van der Waals surface area contributed by atoms with Gasteiger partial charge in [0.25, 0.3) is 0 Å². The van der Waals surface area contributed by atoms with Crippen LogP contribution in [0.25, 0.3) is 0 Å². The molecule has 2 unspecified atom stereocenters. The summed E-state index contributed by atoms with van der Waals surface area (Å²) in [5, 5.41) is 6.47. The van der Waals surface area contributed by atoms with Crippen molar-refractivity contribution >= 4 is 12.0 Å². The van der Waals surface area contributed by atoms with Crippen LogP contribution in [-0.4, -0.2) is 67.2 Å². The summed E-state index contributed by atoms with van der Waals surface area (Å²) in [6, 6.07) is 7.53. The highest BCUT2D eigenvalue weighted by Crippen LogP contribution is 2.33. The van der Waals surface area contributed by atoms with E-state index in [1.165, 1.54) is 0 Å². The van der Waals surface area contributed by atoms with E-state index < -0.39 is 6.04 Å². The fourth-order valence-corrected chi connectivity index (χ4v) is 4.17. The minimum Gasteiger partial charge on any atom is -0.463 e. The number of piperazine rings is 1. The third-order valence-corrected chi connectivity index (χ3v) is 5.58. The van der Waals surface area contributed by atoms with Crippen LogP contribution < -0.4 is 10.6 Å². The van der Waals surface area contributed by atoms with Crippen molar-refractivity contribution in [1.82, 2.24) is 20.4 Å². The number of hydrogen-bond acceptors (Lipinski definition) is 5. The van der Waals surface area contributed by atoms with E-state index in [1.54, 1.807) is 11.8 Å². The molecule has 0 aliphatic carbocycles. The van der Waals surface area contributed by atoms with E-state index in [9.17, 15) is 9.59 Å². The lowest BCUT2D eigenvalue weighted by Gasteiger charge is -2.40. The Hall–Kier alpha value is -2.38. The van der Waals surface area contributed by atoms with Crippen LogP contribution in [0.3, 0.4) is 0 Å². The van der Waals surface area contributed by atoms with Gasteiger partial charge in [0.1, 0.15) is 0 Å². The first-order valence-corrected chi connectivity index (χ1v) is 10.5. The van der Waals surface area contributed by atoms with Crippen molar-refractivity contribution in [3.63, 3.8) is 0 Å². The molecule has 1 fully saturated rings. The maximum atomic E-state index is 13.1. The van der Waals surface area contributed by atoms with Crippen molar-refractivity contribution in [1.29, 1.82) is 0 Å².